The van der Waals surface area contributed by atoms with E-state index in [2.05, 4.69) is 26.0 Å². The first-order valence-electron chi connectivity index (χ1n) is 9.90. The Hall–Kier alpha value is -1.52. The van der Waals surface area contributed by atoms with E-state index in [1.54, 1.807) is 7.11 Å². The predicted octanol–water partition coefficient (Wildman–Crippen LogP) is 5.26. The fourth-order valence-corrected chi connectivity index (χ4v) is 3.54. The van der Waals surface area contributed by atoms with Gasteiger partial charge in [0.25, 0.3) is 0 Å². The molecule has 0 aromatic heterocycles. The number of methoxy groups -OCH3 is 1. The third kappa shape index (κ3) is 5.75. The molecule has 0 saturated heterocycles. The third-order valence-electron chi connectivity index (χ3n) is 5.05. The van der Waals surface area contributed by atoms with Gasteiger partial charge in [0.2, 0.25) is 0 Å². The monoisotopic (exact) mass is 362 g/mol. The summed E-state index contributed by atoms with van der Waals surface area (Å²) in [4.78, 5) is 0. The zero-order valence-corrected chi connectivity index (χ0v) is 16.6. The Bertz CT molecular complexity index is 580. The van der Waals surface area contributed by atoms with E-state index in [9.17, 15) is 5.11 Å². The van der Waals surface area contributed by atoms with Crippen molar-refractivity contribution < 1.29 is 19.3 Å². The predicted molar refractivity (Wildman–Crippen MR) is 105 cm³/mol. The van der Waals surface area contributed by atoms with Crippen LogP contribution >= 0.6 is 0 Å². The quantitative estimate of drug-likeness (QED) is 0.331. The lowest BCUT2D eigenvalue weighted by Gasteiger charge is -2.24. The largest absolute Gasteiger partial charge is 0.507 e. The summed E-state index contributed by atoms with van der Waals surface area (Å²) in [5.41, 5.74) is 3.21. The molecule has 4 nitrogen and oxygen atoms in total. The van der Waals surface area contributed by atoms with E-state index < -0.39 is 0 Å². The lowest BCUT2D eigenvalue weighted by atomic mass is 9.85. The van der Waals surface area contributed by atoms with Crippen LogP contribution in [-0.4, -0.2) is 32.2 Å². The fraction of sp³-hybridized carbons (Fsp3) is 0.636. The second-order valence-electron chi connectivity index (χ2n) is 7.01. The molecular weight excluding hydrogens is 328 g/mol. The first-order chi connectivity index (χ1) is 12.7. The maximum atomic E-state index is 10.8. The van der Waals surface area contributed by atoms with E-state index in [-0.39, 0.29) is 12.7 Å². The van der Waals surface area contributed by atoms with E-state index >= 15 is 0 Å². The maximum Gasteiger partial charge on any atom is 0.189 e. The number of benzene rings is 1. The van der Waals surface area contributed by atoms with Gasteiger partial charge in [0.05, 0.1) is 13.2 Å². The van der Waals surface area contributed by atoms with Crippen molar-refractivity contribution in [2.75, 3.05) is 27.1 Å². The van der Waals surface area contributed by atoms with Crippen molar-refractivity contribution in [2.45, 2.75) is 64.7 Å². The zero-order chi connectivity index (χ0) is 18.8. The number of unbranched alkanes of at least 4 members (excludes halogenated alkanes) is 2. The van der Waals surface area contributed by atoms with Crippen molar-refractivity contribution in [2.24, 2.45) is 0 Å². The number of phenols is 1. The molecule has 0 aliphatic heterocycles. The van der Waals surface area contributed by atoms with Crippen molar-refractivity contribution in [3.8, 4) is 11.5 Å². The zero-order valence-electron chi connectivity index (χ0n) is 16.6. The molecule has 26 heavy (non-hydrogen) atoms. The first kappa shape index (κ1) is 20.8. The normalized spacial score (nSPS) is 16.8. The highest BCUT2D eigenvalue weighted by Crippen LogP contribution is 2.43. The number of hydrogen-bond donors (Lipinski definition) is 1. The molecule has 1 N–H and O–H groups in total. The van der Waals surface area contributed by atoms with E-state index in [0.717, 1.165) is 49.0 Å². The first-order valence-corrected chi connectivity index (χ1v) is 9.90. The Morgan fingerprint density at radius 1 is 1.23 bits per heavy atom. The van der Waals surface area contributed by atoms with Gasteiger partial charge in [-0.15, -0.1) is 0 Å². The molecule has 1 aromatic rings. The van der Waals surface area contributed by atoms with Crippen LogP contribution in [0.4, 0.5) is 0 Å². The van der Waals surface area contributed by atoms with Gasteiger partial charge in [0, 0.05) is 18.6 Å². The van der Waals surface area contributed by atoms with Crippen molar-refractivity contribution in [3.63, 3.8) is 0 Å². The van der Waals surface area contributed by atoms with E-state index in [1.807, 2.05) is 6.07 Å². The van der Waals surface area contributed by atoms with Gasteiger partial charge in [-0.25, -0.2) is 0 Å². The molecule has 0 saturated carbocycles. The number of phenolic OH excluding ortho intramolecular Hbond substituents is 1. The number of allylic oxidation sites excluding steroid dienone is 2. The van der Waals surface area contributed by atoms with E-state index in [1.165, 1.54) is 18.4 Å². The molecular formula is C22H34O4. The minimum atomic E-state index is 0.172. The molecule has 0 fully saturated rings. The highest BCUT2D eigenvalue weighted by Gasteiger charge is 2.23. The number of rotatable bonds is 11. The summed E-state index contributed by atoms with van der Waals surface area (Å²) in [6.07, 6.45) is 12.2. The van der Waals surface area contributed by atoms with Crippen LogP contribution < -0.4 is 4.74 Å². The van der Waals surface area contributed by atoms with Gasteiger partial charge in [-0.1, -0.05) is 31.9 Å². The summed E-state index contributed by atoms with van der Waals surface area (Å²) < 4.78 is 16.5. The van der Waals surface area contributed by atoms with Crippen LogP contribution in [0.15, 0.2) is 18.2 Å². The summed E-state index contributed by atoms with van der Waals surface area (Å²) in [5.74, 6) is 1.36. The van der Waals surface area contributed by atoms with Gasteiger partial charge in [0.15, 0.2) is 6.79 Å². The van der Waals surface area contributed by atoms with Crippen molar-refractivity contribution >= 4 is 0 Å². The molecule has 0 radical (unpaired) electrons. The van der Waals surface area contributed by atoms with Crippen LogP contribution in [0.2, 0.25) is 0 Å². The molecule has 1 unspecified atom stereocenters. The second kappa shape index (κ2) is 11.2. The fourth-order valence-electron chi connectivity index (χ4n) is 3.54. The third-order valence-corrected chi connectivity index (χ3v) is 5.05. The lowest BCUT2D eigenvalue weighted by Crippen LogP contribution is -2.12. The minimum absolute atomic E-state index is 0.172. The minimum Gasteiger partial charge on any atom is -0.507 e. The molecule has 1 atom stereocenters. The average molecular weight is 363 g/mol. The van der Waals surface area contributed by atoms with Crippen molar-refractivity contribution in [1.29, 1.82) is 0 Å². The standard InChI is InChI=1S/C22H34O4/c1-4-5-7-12-19-15-20(23)21(18-10-8-6-9-11-18)22(17(19)2)26-16-25-14-13-24-3/h8,10,15,18,23H,4-7,9,11-14,16H2,1-3H3. The van der Waals surface area contributed by atoms with Crippen molar-refractivity contribution in [3.05, 3.63) is 34.9 Å². The van der Waals surface area contributed by atoms with Gasteiger partial charge in [-0.3, -0.25) is 0 Å². The molecule has 1 aliphatic carbocycles. The van der Waals surface area contributed by atoms with Crippen LogP contribution in [0.5, 0.6) is 11.5 Å². The van der Waals surface area contributed by atoms with Crippen LogP contribution in [0.1, 0.15) is 68.1 Å². The highest BCUT2D eigenvalue weighted by atomic mass is 16.7. The smallest absolute Gasteiger partial charge is 0.189 e. The Kier molecular flexibility index (Phi) is 8.99. The van der Waals surface area contributed by atoms with E-state index in [4.69, 9.17) is 14.2 Å². The number of aromatic hydroxyl groups is 1. The van der Waals surface area contributed by atoms with Crippen LogP contribution in [0.3, 0.4) is 0 Å². The molecule has 1 aromatic carbocycles. The van der Waals surface area contributed by atoms with Crippen LogP contribution in [0.25, 0.3) is 0 Å². The molecule has 0 amide bonds. The molecule has 0 bridgehead atoms. The topological polar surface area (TPSA) is 47.9 Å². The van der Waals surface area contributed by atoms with E-state index in [0.29, 0.717) is 19.0 Å². The summed E-state index contributed by atoms with van der Waals surface area (Å²) in [7, 11) is 1.65. The van der Waals surface area contributed by atoms with Gasteiger partial charge in [-0.05, 0) is 56.2 Å². The summed E-state index contributed by atoms with van der Waals surface area (Å²) in [6.45, 7) is 5.51. The van der Waals surface area contributed by atoms with Crippen LogP contribution in [-0.2, 0) is 15.9 Å². The SMILES string of the molecule is CCCCCc1cc(O)c(C2C=CCCC2)c(OCOCCOC)c1C. The van der Waals surface area contributed by atoms with Gasteiger partial charge < -0.3 is 19.3 Å². The molecule has 146 valence electrons. The highest BCUT2D eigenvalue weighted by molar-refractivity contribution is 5.56. The Morgan fingerprint density at radius 2 is 2.08 bits per heavy atom. The molecule has 2 rings (SSSR count). The number of hydrogen-bond acceptors (Lipinski definition) is 4. The van der Waals surface area contributed by atoms with Gasteiger partial charge in [-0.2, -0.15) is 0 Å². The van der Waals surface area contributed by atoms with Gasteiger partial charge in [0.1, 0.15) is 11.5 Å². The second-order valence-corrected chi connectivity index (χ2v) is 7.01. The molecule has 1 aliphatic rings. The molecule has 0 spiro atoms. The summed E-state index contributed by atoms with van der Waals surface area (Å²) in [5, 5.41) is 10.8. The summed E-state index contributed by atoms with van der Waals surface area (Å²) in [6, 6.07) is 1.95. The lowest BCUT2D eigenvalue weighted by molar-refractivity contribution is -0.00937. The Balaban J connectivity index is 2.24. The average Bonchev–Trinajstić information content (AvgIpc) is 2.65. The maximum absolute atomic E-state index is 10.8. The number of aryl methyl sites for hydroxylation is 1. The number of ether oxygens (including phenoxy) is 3. The molecule has 0 heterocycles. The molecule has 4 heteroatoms. The van der Waals surface area contributed by atoms with Crippen LogP contribution in [0, 0.1) is 6.92 Å². The van der Waals surface area contributed by atoms with Gasteiger partial charge >= 0.3 is 0 Å². The Morgan fingerprint density at radius 3 is 2.77 bits per heavy atom. The Labute approximate surface area is 158 Å². The summed E-state index contributed by atoms with van der Waals surface area (Å²) >= 11 is 0. The van der Waals surface area contributed by atoms with Crippen molar-refractivity contribution in [1.82, 2.24) is 0 Å².